The highest BCUT2D eigenvalue weighted by Gasteiger charge is 2.35. The summed E-state index contributed by atoms with van der Waals surface area (Å²) in [6, 6.07) is 9.79. The average molecular weight is 521 g/mol. The average Bonchev–Trinajstić information content (AvgIpc) is 2.89. The molecule has 0 radical (unpaired) electrons. The van der Waals surface area contributed by atoms with E-state index in [0.29, 0.717) is 62.8 Å². The molecule has 0 amide bonds. The van der Waals surface area contributed by atoms with Crippen LogP contribution in [-0.4, -0.2) is 61.0 Å². The lowest BCUT2D eigenvalue weighted by molar-refractivity contribution is -0.137. The molecule has 2 N–H and O–H groups in total. The molecular formula is C24H24ClF3N6O2. The van der Waals surface area contributed by atoms with E-state index in [1.54, 1.807) is 18.2 Å². The van der Waals surface area contributed by atoms with Gasteiger partial charge in [0.15, 0.2) is 0 Å². The molecule has 0 spiro atoms. The quantitative estimate of drug-likeness (QED) is 0.547. The molecule has 2 aliphatic rings. The van der Waals surface area contributed by atoms with Crippen LogP contribution in [0.2, 0.25) is 5.02 Å². The maximum absolute atomic E-state index is 13.9. The fourth-order valence-electron chi connectivity index (χ4n) is 4.27. The summed E-state index contributed by atoms with van der Waals surface area (Å²) in [6.45, 7) is 3.45. The molecule has 0 saturated carbocycles. The minimum absolute atomic E-state index is 0.121. The normalized spacial score (nSPS) is 18.9. The summed E-state index contributed by atoms with van der Waals surface area (Å²) in [7, 11) is 0. The number of hydrogen-bond donors (Lipinski definition) is 1. The van der Waals surface area contributed by atoms with E-state index in [-0.39, 0.29) is 23.2 Å². The van der Waals surface area contributed by atoms with E-state index in [2.05, 4.69) is 9.97 Å². The van der Waals surface area contributed by atoms with Crippen molar-refractivity contribution >= 4 is 29.2 Å². The number of nitrogen functional groups attached to an aromatic ring is 1. The topological polar surface area (TPSA) is 89.6 Å². The number of hydrogen-bond acceptors (Lipinski definition) is 8. The Bertz CT molecular complexity index is 1220. The van der Waals surface area contributed by atoms with Crippen LogP contribution in [0, 0.1) is 0 Å². The third-order valence-corrected chi connectivity index (χ3v) is 6.39. The zero-order chi connectivity index (χ0) is 25.3. The van der Waals surface area contributed by atoms with Gasteiger partial charge in [-0.25, -0.2) is 9.97 Å². The van der Waals surface area contributed by atoms with Crippen molar-refractivity contribution in [2.45, 2.75) is 12.3 Å². The zero-order valence-electron chi connectivity index (χ0n) is 19.2. The molecular weight excluding hydrogens is 497 g/mol. The molecule has 2 saturated heterocycles. The number of pyridine rings is 1. The second-order valence-electron chi connectivity index (χ2n) is 8.52. The first kappa shape index (κ1) is 24.5. The van der Waals surface area contributed by atoms with Crippen LogP contribution in [0.25, 0.3) is 11.3 Å². The van der Waals surface area contributed by atoms with E-state index in [0.717, 1.165) is 17.8 Å². The SMILES string of the molecule is Nc1cc(C(F)(F)F)c(-c2cc(N3CCOC(c4ccc(Cl)cc4)C3)nc(N3CCOCC3)n2)cn1. The second-order valence-corrected chi connectivity index (χ2v) is 8.96. The number of rotatable bonds is 4. The van der Waals surface area contributed by atoms with Gasteiger partial charge in [-0.05, 0) is 23.8 Å². The van der Waals surface area contributed by atoms with Gasteiger partial charge in [-0.15, -0.1) is 0 Å². The molecule has 2 aromatic heterocycles. The molecule has 8 nitrogen and oxygen atoms in total. The molecule has 1 aromatic carbocycles. The summed E-state index contributed by atoms with van der Waals surface area (Å²) in [5.41, 5.74) is 5.60. The first-order chi connectivity index (χ1) is 17.3. The number of benzene rings is 1. The number of ether oxygens (including phenoxy) is 2. The highest BCUT2D eigenvalue weighted by Crippen LogP contribution is 2.38. The summed E-state index contributed by atoms with van der Waals surface area (Å²) >= 11 is 6.02. The van der Waals surface area contributed by atoms with Crippen LogP contribution in [0.5, 0.6) is 0 Å². The molecule has 4 heterocycles. The third-order valence-electron chi connectivity index (χ3n) is 6.13. The van der Waals surface area contributed by atoms with Gasteiger partial charge in [0.2, 0.25) is 5.95 Å². The van der Waals surface area contributed by atoms with Crippen LogP contribution in [0.1, 0.15) is 17.2 Å². The standard InChI is InChI=1S/C24H24ClF3N6O2/c25-16-3-1-15(2-4-16)20-14-34(7-10-36-20)22-12-19(31-23(32-22)33-5-8-35-9-6-33)17-13-30-21(29)11-18(17)24(26,27)28/h1-4,11-13,20H,5-10,14H2,(H2,29,30). The van der Waals surface area contributed by atoms with Gasteiger partial charge in [0.05, 0.1) is 31.1 Å². The molecule has 2 aliphatic heterocycles. The summed E-state index contributed by atoms with van der Waals surface area (Å²) in [6.07, 6.45) is -3.76. The maximum atomic E-state index is 13.9. The van der Waals surface area contributed by atoms with E-state index in [1.807, 2.05) is 21.9 Å². The molecule has 36 heavy (non-hydrogen) atoms. The van der Waals surface area contributed by atoms with Crippen LogP contribution >= 0.6 is 11.6 Å². The number of aromatic nitrogens is 3. The molecule has 12 heteroatoms. The van der Waals surface area contributed by atoms with Crippen LogP contribution < -0.4 is 15.5 Å². The van der Waals surface area contributed by atoms with Crippen LogP contribution in [0.3, 0.4) is 0 Å². The Morgan fingerprint density at radius 1 is 0.972 bits per heavy atom. The predicted octanol–water partition coefficient (Wildman–Crippen LogP) is 4.21. The van der Waals surface area contributed by atoms with Crippen molar-refractivity contribution in [3.05, 3.63) is 58.7 Å². The minimum Gasteiger partial charge on any atom is -0.384 e. The minimum atomic E-state index is -4.63. The lowest BCUT2D eigenvalue weighted by Crippen LogP contribution is -2.40. The Labute approximate surface area is 210 Å². The van der Waals surface area contributed by atoms with E-state index < -0.39 is 11.7 Å². The Balaban J connectivity index is 1.55. The maximum Gasteiger partial charge on any atom is 0.417 e. The number of nitrogens with zero attached hydrogens (tertiary/aromatic N) is 5. The first-order valence-electron chi connectivity index (χ1n) is 11.4. The number of morpholine rings is 2. The summed E-state index contributed by atoms with van der Waals surface area (Å²) in [4.78, 5) is 17.1. The van der Waals surface area contributed by atoms with Crippen molar-refractivity contribution in [1.82, 2.24) is 15.0 Å². The first-order valence-corrected chi connectivity index (χ1v) is 11.8. The number of anilines is 3. The van der Waals surface area contributed by atoms with Crippen molar-refractivity contribution < 1.29 is 22.6 Å². The fourth-order valence-corrected chi connectivity index (χ4v) is 4.40. The molecule has 190 valence electrons. The van der Waals surface area contributed by atoms with Gasteiger partial charge in [0, 0.05) is 49.0 Å². The highest BCUT2D eigenvalue weighted by molar-refractivity contribution is 6.30. The largest absolute Gasteiger partial charge is 0.417 e. The van der Waals surface area contributed by atoms with E-state index in [9.17, 15) is 13.2 Å². The monoisotopic (exact) mass is 520 g/mol. The fraction of sp³-hybridized carbons (Fsp3) is 0.375. The van der Waals surface area contributed by atoms with Gasteiger partial charge >= 0.3 is 6.18 Å². The number of halogens is 4. The van der Waals surface area contributed by atoms with Gasteiger partial charge in [-0.3, -0.25) is 0 Å². The third kappa shape index (κ3) is 5.32. The van der Waals surface area contributed by atoms with Crippen molar-refractivity contribution in [3.8, 4) is 11.3 Å². The lowest BCUT2D eigenvalue weighted by Gasteiger charge is -2.35. The van der Waals surface area contributed by atoms with Crippen LogP contribution in [0.4, 0.5) is 30.8 Å². The van der Waals surface area contributed by atoms with Gasteiger partial charge in [-0.2, -0.15) is 18.2 Å². The van der Waals surface area contributed by atoms with Crippen LogP contribution in [0.15, 0.2) is 42.6 Å². The van der Waals surface area contributed by atoms with Crippen molar-refractivity contribution in [3.63, 3.8) is 0 Å². The Hall–Kier alpha value is -3.15. The second kappa shape index (κ2) is 10.1. The zero-order valence-corrected chi connectivity index (χ0v) is 20.0. The Morgan fingerprint density at radius 3 is 2.42 bits per heavy atom. The van der Waals surface area contributed by atoms with Crippen molar-refractivity contribution in [2.75, 3.05) is 61.5 Å². The van der Waals surface area contributed by atoms with Crippen molar-refractivity contribution in [1.29, 1.82) is 0 Å². The smallest absolute Gasteiger partial charge is 0.384 e. The number of alkyl halides is 3. The molecule has 5 rings (SSSR count). The molecule has 3 aromatic rings. The summed E-state index contributed by atoms with van der Waals surface area (Å²) in [5.74, 6) is 0.631. The Kier molecular flexibility index (Phi) is 6.87. The van der Waals surface area contributed by atoms with E-state index in [1.165, 1.54) is 0 Å². The van der Waals surface area contributed by atoms with Gasteiger partial charge in [0.1, 0.15) is 17.7 Å². The predicted molar refractivity (Wildman–Crippen MR) is 130 cm³/mol. The molecule has 1 atom stereocenters. The summed E-state index contributed by atoms with van der Waals surface area (Å²) in [5, 5.41) is 0.625. The van der Waals surface area contributed by atoms with Crippen LogP contribution in [-0.2, 0) is 15.7 Å². The number of nitrogens with two attached hydrogens (primary N) is 1. The molecule has 0 bridgehead atoms. The van der Waals surface area contributed by atoms with E-state index in [4.69, 9.17) is 31.8 Å². The molecule has 0 aliphatic carbocycles. The molecule has 1 unspecified atom stereocenters. The van der Waals surface area contributed by atoms with E-state index >= 15 is 0 Å². The van der Waals surface area contributed by atoms with Gasteiger partial charge in [-0.1, -0.05) is 23.7 Å². The van der Waals surface area contributed by atoms with Gasteiger partial charge < -0.3 is 25.0 Å². The summed E-state index contributed by atoms with van der Waals surface area (Å²) < 4.78 is 53.1. The molecule has 2 fully saturated rings. The Morgan fingerprint density at radius 2 is 1.69 bits per heavy atom. The van der Waals surface area contributed by atoms with Crippen molar-refractivity contribution in [2.24, 2.45) is 0 Å². The lowest BCUT2D eigenvalue weighted by atomic mass is 10.1. The highest BCUT2D eigenvalue weighted by atomic mass is 35.5. The van der Waals surface area contributed by atoms with Gasteiger partial charge in [0.25, 0.3) is 0 Å².